The maximum atomic E-state index is 13.4. The highest BCUT2D eigenvalue weighted by Crippen LogP contribution is 2.34. The Bertz CT molecular complexity index is 509. The van der Waals surface area contributed by atoms with Crippen molar-refractivity contribution < 1.29 is 9.18 Å². The lowest BCUT2D eigenvalue weighted by atomic mass is 9.92. The summed E-state index contributed by atoms with van der Waals surface area (Å²) in [4.78, 5) is 13.4. The molecular weight excluding hydrogens is 313 g/mol. The van der Waals surface area contributed by atoms with Crippen molar-refractivity contribution >= 4 is 33.2 Å². The molecule has 1 aromatic rings. The van der Waals surface area contributed by atoms with Gasteiger partial charge in [-0.25, -0.2) is 4.39 Å². The molecule has 104 valence electrons. The number of rotatable bonds is 2. The van der Waals surface area contributed by atoms with Gasteiger partial charge in [0.05, 0.1) is 21.8 Å². The highest BCUT2D eigenvalue weighted by molar-refractivity contribution is 9.10. The number of halogens is 2. The molecule has 1 amide bonds. The van der Waals surface area contributed by atoms with Gasteiger partial charge < -0.3 is 16.4 Å². The Hall–Kier alpha value is -1.30. The molecule has 2 atom stereocenters. The van der Waals surface area contributed by atoms with Crippen LogP contribution < -0.4 is 16.4 Å². The van der Waals surface area contributed by atoms with Crippen LogP contribution in [0.1, 0.15) is 19.8 Å². The average molecular weight is 330 g/mol. The Morgan fingerprint density at radius 3 is 2.79 bits per heavy atom. The third kappa shape index (κ3) is 2.83. The first-order valence-electron chi connectivity index (χ1n) is 6.20. The SMILES string of the molecule is CC1CCC(C(N)=O)CN1c1cc(Br)c(F)cc1N. The van der Waals surface area contributed by atoms with Gasteiger partial charge in [0.15, 0.2) is 0 Å². The van der Waals surface area contributed by atoms with Crippen LogP contribution in [0.4, 0.5) is 15.8 Å². The molecule has 1 aliphatic heterocycles. The topological polar surface area (TPSA) is 72.4 Å². The molecule has 0 radical (unpaired) electrons. The van der Waals surface area contributed by atoms with Crippen LogP contribution in [0.15, 0.2) is 16.6 Å². The van der Waals surface area contributed by atoms with Gasteiger partial charge in [-0.15, -0.1) is 0 Å². The van der Waals surface area contributed by atoms with E-state index in [4.69, 9.17) is 11.5 Å². The van der Waals surface area contributed by atoms with Gasteiger partial charge >= 0.3 is 0 Å². The lowest BCUT2D eigenvalue weighted by molar-refractivity contribution is -0.122. The lowest BCUT2D eigenvalue weighted by Gasteiger charge is -2.39. The van der Waals surface area contributed by atoms with Crippen LogP contribution >= 0.6 is 15.9 Å². The number of nitrogen functional groups attached to an aromatic ring is 1. The quantitative estimate of drug-likeness (QED) is 0.817. The highest BCUT2D eigenvalue weighted by atomic mass is 79.9. The van der Waals surface area contributed by atoms with Gasteiger partial charge in [0.1, 0.15) is 5.82 Å². The molecule has 6 heteroatoms. The zero-order valence-corrected chi connectivity index (χ0v) is 12.3. The Morgan fingerprint density at radius 1 is 1.47 bits per heavy atom. The van der Waals surface area contributed by atoms with Crippen LogP contribution in [-0.2, 0) is 4.79 Å². The monoisotopic (exact) mass is 329 g/mol. The molecule has 0 aliphatic carbocycles. The normalized spacial score (nSPS) is 23.4. The summed E-state index contributed by atoms with van der Waals surface area (Å²) in [5.74, 6) is -0.867. The number of amides is 1. The van der Waals surface area contributed by atoms with Crippen LogP contribution in [0.2, 0.25) is 0 Å². The second-order valence-corrected chi connectivity index (χ2v) is 5.86. The second-order valence-electron chi connectivity index (χ2n) is 5.00. The minimum absolute atomic E-state index is 0.181. The standard InChI is InChI=1S/C13H17BrFN3O/c1-7-2-3-8(13(17)19)6-18(7)12-4-9(14)10(15)5-11(12)16/h4-5,7-8H,2-3,6,16H2,1H3,(H2,17,19). The van der Waals surface area contributed by atoms with Crippen LogP contribution in [0, 0.1) is 11.7 Å². The predicted molar refractivity (Wildman–Crippen MR) is 77.2 cm³/mol. The van der Waals surface area contributed by atoms with E-state index >= 15 is 0 Å². The Morgan fingerprint density at radius 2 is 2.16 bits per heavy atom. The lowest BCUT2D eigenvalue weighted by Crippen LogP contribution is -2.46. The van der Waals surface area contributed by atoms with Crippen molar-refractivity contribution in [2.24, 2.45) is 11.7 Å². The van der Waals surface area contributed by atoms with Crippen LogP contribution in [0.5, 0.6) is 0 Å². The third-order valence-electron chi connectivity index (χ3n) is 3.66. The molecule has 4 nitrogen and oxygen atoms in total. The van der Waals surface area contributed by atoms with E-state index in [1.807, 2.05) is 4.90 Å². The van der Waals surface area contributed by atoms with Crippen LogP contribution in [0.3, 0.4) is 0 Å². The van der Waals surface area contributed by atoms with Crippen molar-refractivity contribution in [2.75, 3.05) is 17.2 Å². The van der Waals surface area contributed by atoms with Crippen molar-refractivity contribution in [3.63, 3.8) is 0 Å². The van der Waals surface area contributed by atoms with Crippen LogP contribution in [0.25, 0.3) is 0 Å². The summed E-state index contributed by atoms with van der Waals surface area (Å²) in [7, 11) is 0. The first kappa shape index (κ1) is 14.1. The molecule has 2 rings (SSSR count). The summed E-state index contributed by atoms with van der Waals surface area (Å²) in [6.45, 7) is 2.59. The van der Waals surface area contributed by atoms with E-state index in [1.165, 1.54) is 6.07 Å². The van der Waals surface area contributed by atoms with E-state index in [1.54, 1.807) is 6.07 Å². The van der Waals surface area contributed by atoms with Crippen LogP contribution in [-0.4, -0.2) is 18.5 Å². The molecule has 1 saturated heterocycles. The largest absolute Gasteiger partial charge is 0.397 e. The molecular formula is C13H17BrFN3O. The molecule has 1 aliphatic rings. The smallest absolute Gasteiger partial charge is 0.222 e. The zero-order valence-electron chi connectivity index (χ0n) is 10.7. The van der Waals surface area contributed by atoms with Crippen molar-refractivity contribution in [2.45, 2.75) is 25.8 Å². The number of carbonyl (C=O) groups excluding carboxylic acids is 1. The van der Waals surface area contributed by atoms with Gasteiger partial charge in [-0.05, 0) is 41.8 Å². The zero-order chi connectivity index (χ0) is 14.2. The van der Waals surface area contributed by atoms with Crippen molar-refractivity contribution in [1.82, 2.24) is 0 Å². The van der Waals surface area contributed by atoms with Crippen molar-refractivity contribution in [3.8, 4) is 0 Å². The molecule has 19 heavy (non-hydrogen) atoms. The van der Waals surface area contributed by atoms with Gasteiger partial charge in [-0.1, -0.05) is 0 Å². The fraction of sp³-hybridized carbons (Fsp3) is 0.462. The number of nitrogens with two attached hydrogens (primary N) is 2. The summed E-state index contributed by atoms with van der Waals surface area (Å²) < 4.78 is 13.8. The number of piperidine rings is 1. The van der Waals surface area contributed by atoms with E-state index in [2.05, 4.69) is 22.9 Å². The Kier molecular flexibility index (Phi) is 3.99. The highest BCUT2D eigenvalue weighted by Gasteiger charge is 2.30. The van der Waals surface area contributed by atoms with E-state index in [9.17, 15) is 9.18 Å². The predicted octanol–water partition coefficient (Wildman–Crippen LogP) is 2.26. The Labute approximate surface area is 120 Å². The average Bonchev–Trinajstić information content (AvgIpc) is 2.34. The molecule has 2 unspecified atom stereocenters. The maximum absolute atomic E-state index is 13.4. The molecule has 4 N–H and O–H groups in total. The summed E-state index contributed by atoms with van der Waals surface area (Å²) in [5, 5.41) is 0. The molecule has 1 aromatic carbocycles. The molecule has 0 saturated carbocycles. The van der Waals surface area contributed by atoms with E-state index in [0.29, 0.717) is 16.7 Å². The first-order chi connectivity index (χ1) is 8.90. The molecule has 0 bridgehead atoms. The number of hydrogen-bond acceptors (Lipinski definition) is 3. The van der Waals surface area contributed by atoms with Gasteiger partial charge in [-0.3, -0.25) is 4.79 Å². The third-order valence-corrected chi connectivity index (χ3v) is 4.27. The van der Waals surface area contributed by atoms with E-state index < -0.39 is 5.82 Å². The van der Waals surface area contributed by atoms with Gasteiger partial charge in [-0.2, -0.15) is 0 Å². The van der Waals surface area contributed by atoms with E-state index in [0.717, 1.165) is 18.5 Å². The summed E-state index contributed by atoms with van der Waals surface area (Å²) in [6.07, 6.45) is 1.65. The van der Waals surface area contributed by atoms with Crippen molar-refractivity contribution in [3.05, 3.63) is 22.4 Å². The van der Waals surface area contributed by atoms with Gasteiger partial charge in [0.25, 0.3) is 0 Å². The molecule has 0 aromatic heterocycles. The number of hydrogen-bond donors (Lipinski definition) is 2. The number of nitrogens with zero attached hydrogens (tertiary/aromatic N) is 1. The second kappa shape index (κ2) is 5.36. The minimum atomic E-state index is -0.391. The molecule has 1 fully saturated rings. The first-order valence-corrected chi connectivity index (χ1v) is 7.00. The van der Waals surface area contributed by atoms with Gasteiger partial charge in [0.2, 0.25) is 5.91 Å². The molecule has 0 spiro atoms. The fourth-order valence-electron chi connectivity index (χ4n) is 2.48. The number of anilines is 2. The maximum Gasteiger partial charge on any atom is 0.222 e. The van der Waals surface area contributed by atoms with Crippen molar-refractivity contribution in [1.29, 1.82) is 0 Å². The Balaban J connectivity index is 2.33. The minimum Gasteiger partial charge on any atom is -0.397 e. The summed E-state index contributed by atoms with van der Waals surface area (Å²) in [5.41, 5.74) is 12.4. The van der Waals surface area contributed by atoms with Gasteiger partial charge in [0, 0.05) is 18.7 Å². The fourth-order valence-corrected chi connectivity index (χ4v) is 2.81. The summed E-state index contributed by atoms with van der Waals surface area (Å²) in [6, 6.07) is 3.19. The number of carbonyl (C=O) groups is 1. The number of primary amides is 1. The number of benzene rings is 1. The summed E-state index contributed by atoms with van der Waals surface area (Å²) >= 11 is 3.16. The van der Waals surface area contributed by atoms with E-state index in [-0.39, 0.29) is 17.9 Å². The molecule has 1 heterocycles.